The molecule has 168 valence electrons. The second-order valence-corrected chi connectivity index (χ2v) is 8.75. The summed E-state index contributed by atoms with van der Waals surface area (Å²) in [7, 11) is 0. The van der Waals surface area contributed by atoms with Gasteiger partial charge in [0.05, 0.1) is 22.5 Å². The number of hydrogen-bond acceptors (Lipinski definition) is 7. The van der Waals surface area contributed by atoms with Crippen LogP contribution in [0.1, 0.15) is 58.0 Å². The predicted octanol–water partition coefficient (Wildman–Crippen LogP) is 4.17. The lowest BCUT2D eigenvalue weighted by atomic mass is 10.0. The molecule has 0 aliphatic heterocycles. The number of hydrogen-bond donors (Lipinski definition) is 1. The summed E-state index contributed by atoms with van der Waals surface area (Å²) in [6.45, 7) is 15.1. The zero-order chi connectivity index (χ0) is 22.4. The molecule has 1 N–H and O–H groups in total. The van der Waals surface area contributed by atoms with Crippen LogP contribution in [0.15, 0.2) is 36.0 Å². The van der Waals surface area contributed by atoms with E-state index in [4.69, 9.17) is 4.98 Å². The quantitative estimate of drug-likeness (QED) is 0.450. The van der Waals surface area contributed by atoms with Crippen LogP contribution in [0.4, 0.5) is 0 Å². The van der Waals surface area contributed by atoms with Gasteiger partial charge in [0.15, 0.2) is 0 Å². The molecule has 0 bridgehead atoms. The summed E-state index contributed by atoms with van der Waals surface area (Å²) in [5.74, 6) is 0.682. The molecule has 31 heavy (non-hydrogen) atoms. The van der Waals surface area contributed by atoms with Gasteiger partial charge in [-0.15, -0.1) is 11.3 Å². The van der Waals surface area contributed by atoms with Crippen LogP contribution in [-0.4, -0.2) is 67.4 Å². The molecule has 3 aromatic rings. The number of aliphatic hydroxyl groups is 1. The number of likely N-dealkylation sites (N-methyl/N-ethyl adjacent to an activating group) is 2. The third-order valence-corrected chi connectivity index (χ3v) is 6.51. The Morgan fingerprint density at radius 1 is 1.10 bits per heavy atom. The largest absolute Gasteiger partial charge is 0.374 e. The predicted molar refractivity (Wildman–Crippen MR) is 127 cm³/mol. The normalized spacial score (nSPS) is 12.9. The summed E-state index contributed by atoms with van der Waals surface area (Å²) in [5.41, 5.74) is 2.64. The lowest BCUT2D eigenvalue weighted by Crippen LogP contribution is -2.37. The van der Waals surface area contributed by atoms with E-state index in [1.165, 1.54) is 0 Å². The number of thiophene rings is 1. The fraction of sp³-hybridized carbons (Fsp3) is 0.522. The van der Waals surface area contributed by atoms with Gasteiger partial charge in [-0.2, -0.15) is 5.10 Å². The van der Waals surface area contributed by atoms with Gasteiger partial charge in [-0.05, 0) is 43.1 Å². The number of aliphatic hydroxyl groups excluding tert-OH is 1. The standard InChI is InChI=1S/C23H34N6OS/c1-6-27(7-2)13-14-28(8-3)22(30)18-16-25-29(21(18)17(4)5)23-24-12-11-19(26-23)20-10-9-15-31-20/h9-12,15-17,22,30H,6-8,13-14H2,1-5H3. The SMILES string of the molecule is CCN(CC)CCN(CC)C(O)c1cnn(-c2nccc(-c3cccs3)n2)c1C(C)C. The Morgan fingerprint density at radius 2 is 1.87 bits per heavy atom. The minimum atomic E-state index is -0.716. The Hall–Kier alpha value is -2.13. The van der Waals surface area contributed by atoms with Crippen molar-refractivity contribution in [2.24, 2.45) is 0 Å². The fourth-order valence-corrected chi connectivity index (χ4v) is 4.47. The van der Waals surface area contributed by atoms with Crippen molar-refractivity contribution in [2.45, 2.75) is 46.8 Å². The summed E-state index contributed by atoms with van der Waals surface area (Å²) >= 11 is 1.65. The molecule has 0 radical (unpaired) electrons. The average Bonchev–Trinajstić information content (AvgIpc) is 3.47. The first kappa shape index (κ1) is 23.5. The highest BCUT2D eigenvalue weighted by atomic mass is 32.1. The number of aromatic nitrogens is 4. The first-order chi connectivity index (χ1) is 15.0. The Bertz CT molecular complexity index is 935. The number of nitrogens with zero attached hydrogens (tertiary/aromatic N) is 6. The van der Waals surface area contributed by atoms with Crippen LogP contribution >= 0.6 is 11.3 Å². The maximum Gasteiger partial charge on any atom is 0.251 e. The van der Waals surface area contributed by atoms with E-state index in [1.54, 1.807) is 28.4 Å². The Labute approximate surface area is 189 Å². The molecule has 3 heterocycles. The van der Waals surface area contributed by atoms with Gasteiger partial charge in [0.2, 0.25) is 0 Å². The molecule has 0 aliphatic carbocycles. The zero-order valence-corrected chi connectivity index (χ0v) is 20.0. The molecule has 0 fully saturated rings. The van der Waals surface area contributed by atoms with E-state index in [0.29, 0.717) is 5.95 Å². The van der Waals surface area contributed by atoms with Crippen molar-refractivity contribution >= 4 is 11.3 Å². The monoisotopic (exact) mass is 442 g/mol. The Morgan fingerprint density at radius 3 is 2.48 bits per heavy atom. The molecular weight excluding hydrogens is 408 g/mol. The van der Waals surface area contributed by atoms with E-state index in [9.17, 15) is 5.11 Å². The third-order valence-electron chi connectivity index (χ3n) is 5.62. The van der Waals surface area contributed by atoms with Crippen LogP contribution < -0.4 is 0 Å². The second kappa shape index (κ2) is 10.9. The summed E-state index contributed by atoms with van der Waals surface area (Å²) in [6, 6.07) is 5.98. The Balaban J connectivity index is 1.91. The van der Waals surface area contributed by atoms with Crippen LogP contribution in [0.25, 0.3) is 16.5 Å². The van der Waals surface area contributed by atoms with Crippen LogP contribution in [0.2, 0.25) is 0 Å². The van der Waals surface area contributed by atoms with Crippen molar-refractivity contribution in [1.82, 2.24) is 29.5 Å². The number of rotatable bonds is 11. The summed E-state index contributed by atoms with van der Waals surface area (Å²) in [5, 5.41) is 17.9. The molecule has 8 heteroatoms. The minimum Gasteiger partial charge on any atom is -0.374 e. The highest BCUT2D eigenvalue weighted by molar-refractivity contribution is 7.13. The van der Waals surface area contributed by atoms with E-state index >= 15 is 0 Å². The summed E-state index contributed by atoms with van der Waals surface area (Å²) in [4.78, 5) is 14.8. The molecule has 3 aromatic heterocycles. The maximum atomic E-state index is 11.2. The van der Waals surface area contributed by atoms with Gasteiger partial charge >= 0.3 is 0 Å². The first-order valence-electron chi connectivity index (χ1n) is 11.1. The van der Waals surface area contributed by atoms with Gasteiger partial charge in [-0.1, -0.05) is 40.7 Å². The van der Waals surface area contributed by atoms with Crippen molar-refractivity contribution in [2.75, 3.05) is 32.7 Å². The molecule has 0 spiro atoms. The molecule has 7 nitrogen and oxygen atoms in total. The maximum absolute atomic E-state index is 11.2. The van der Waals surface area contributed by atoms with Crippen LogP contribution in [-0.2, 0) is 0 Å². The van der Waals surface area contributed by atoms with Gasteiger partial charge in [0, 0.05) is 24.8 Å². The first-order valence-corrected chi connectivity index (χ1v) is 12.0. The molecule has 0 saturated carbocycles. The highest BCUT2D eigenvalue weighted by Gasteiger charge is 2.26. The lowest BCUT2D eigenvalue weighted by Gasteiger charge is -2.29. The molecule has 0 amide bonds. The highest BCUT2D eigenvalue weighted by Crippen LogP contribution is 2.29. The fourth-order valence-electron chi connectivity index (χ4n) is 3.78. The van der Waals surface area contributed by atoms with Crippen LogP contribution in [0.5, 0.6) is 0 Å². The molecular formula is C23H34N6OS. The Kier molecular flexibility index (Phi) is 8.31. The third kappa shape index (κ3) is 5.38. The molecule has 1 atom stereocenters. The van der Waals surface area contributed by atoms with Gasteiger partial charge < -0.3 is 10.0 Å². The lowest BCUT2D eigenvalue weighted by molar-refractivity contribution is -0.000578. The topological polar surface area (TPSA) is 70.3 Å². The summed E-state index contributed by atoms with van der Waals surface area (Å²) in [6.07, 6.45) is 2.82. The molecule has 0 aromatic carbocycles. The van der Waals surface area contributed by atoms with Crippen molar-refractivity contribution in [3.05, 3.63) is 47.2 Å². The minimum absolute atomic E-state index is 0.155. The van der Waals surface area contributed by atoms with Crippen LogP contribution in [0.3, 0.4) is 0 Å². The summed E-state index contributed by atoms with van der Waals surface area (Å²) < 4.78 is 1.78. The molecule has 1 unspecified atom stereocenters. The van der Waals surface area contributed by atoms with Crippen LogP contribution in [0, 0.1) is 0 Å². The van der Waals surface area contributed by atoms with E-state index in [-0.39, 0.29) is 5.92 Å². The molecule has 3 rings (SSSR count). The second-order valence-electron chi connectivity index (χ2n) is 7.80. The van der Waals surface area contributed by atoms with E-state index in [0.717, 1.165) is 54.6 Å². The average molecular weight is 443 g/mol. The van der Waals surface area contributed by atoms with Crippen molar-refractivity contribution in [3.8, 4) is 16.5 Å². The van der Waals surface area contributed by atoms with Crippen molar-refractivity contribution < 1.29 is 5.11 Å². The smallest absolute Gasteiger partial charge is 0.251 e. The zero-order valence-electron chi connectivity index (χ0n) is 19.2. The molecule has 0 saturated heterocycles. The van der Waals surface area contributed by atoms with E-state index in [1.807, 2.05) is 23.6 Å². The van der Waals surface area contributed by atoms with Gasteiger partial charge in [-0.3, -0.25) is 4.90 Å². The van der Waals surface area contributed by atoms with Gasteiger partial charge in [0.1, 0.15) is 6.23 Å². The van der Waals surface area contributed by atoms with Crippen molar-refractivity contribution in [3.63, 3.8) is 0 Å². The van der Waals surface area contributed by atoms with Gasteiger partial charge in [0.25, 0.3) is 5.95 Å². The van der Waals surface area contributed by atoms with Gasteiger partial charge in [-0.25, -0.2) is 14.6 Å². The molecule has 0 aliphatic rings. The van der Waals surface area contributed by atoms with Crippen molar-refractivity contribution in [1.29, 1.82) is 0 Å². The van der Waals surface area contributed by atoms with E-state index < -0.39 is 6.23 Å². The van der Waals surface area contributed by atoms with E-state index in [2.05, 4.69) is 54.5 Å².